The van der Waals surface area contributed by atoms with Crippen molar-refractivity contribution >= 4 is 11.4 Å². The lowest BCUT2D eigenvalue weighted by Gasteiger charge is -2.16. The Morgan fingerprint density at radius 3 is 2.69 bits per heavy atom. The minimum Gasteiger partial charge on any atom is -0.495 e. The summed E-state index contributed by atoms with van der Waals surface area (Å²) in [5.41, 5.74) is 6.36. The van der Waals surface area contributed by atoms with Crippen LogP contribution in [-0.4, -0.2) is 13.2 Å². The molecule has 0 atom stereocenters. The van der Waals surface area contributed by atoms with Gasteiger partial charge in [-0.3, -0.25) is 0 Å². The lowest BCUT2D eigenvalue weighted by Crippen LogP contribution is -2.16. The molecule has 0 heterocycles. The second-order valence-electron chi connectivity index (χ2n) is 3.86. The van der Waals surface area contributed by atoms with E-state index >= 15 is 0 Å². The van der Waals surface area contributed by atoms with Crippen molar-refractivity contribution in [2.24, 2.45) is 0 Å². The summed E-state index contributed by atoms with van der Waals surface area (Å²) in [7, 11) is 1.52. The van der Waals surface area contributed by atoms with Gasteiger partial charge in [-0.15, -0.1) is 0 Å². The quantitative estimate of drug-likeness (QED) is 0.610. The number of hydrogen-bond acceptors (Lipinski definition) is 3. The first-order chi connectivity index (χ1) is 7.70. The van der Waals surface area contributed by atoms with E-state index in [0.29, 0.717) is 17.1 Å². The summed E-state index contributed by atoms with van der Waals surface area (Å²) in [5.74, 6) is 0.153. The van der Waals surface area contributed by atoms with Crippen molar-refractivity contribution in [1.29, 1.82) is 0 Å². The molecule has 0 aliphatic heterocycles. The molecule has 0 radical (unpaired) electrons. The number of nitrogen functional groups attached to an aromatic ring is 1. The van der Waals surface area contributed by atoms with Crippen LogP contribution in [0.2, 0.25) is 0 Å². The maximum atomic E-state index is 13.6. The molecule has 0 amide bonds. The van der Waals surface area contributed by atoms with E-state index in [9.17, 15) is 4.39 Å². The molecule has 4 heteroatoms. The largest absolute Gasteiger partial charge is 0.495 e. The second-order valence-corrected chi connectivity index (χ2v) is 3.86. The second kappa shape index (κ2) is 4.43. The van der Waals surface area contributed by atoms with Gasteiger partial charge in [0.1, 0.15) is 11.6 Å². The minimum atomic E-state index is -0.342. The Labute approximate surface area is 94.1 Å². The van der Waals surface area contributed by atoms with Crippen LogP contribution in [0.25, 0.3) is 0 Å². The minimum absolute atomic E-state index is 0.267. The van der Waals surface area contributed by atoms with Crippen molar-refractivity contribution in [2.75, 3.05) is 18.2 Å². The van der Waals surface area contributed by atoms with Gasteiger partial charge >= 0.3 is 0 Å². The van der Waals surface area contributed by atoms with E-state index in [2.05, 4.69) is 17.5 Å². The predicted octanol–water partition coefficient (Wildman–Crippen LogP) is 2.55. The van der Waals surface area contributed by atoms with Crippen LogP contribution in [0, 0.1) is 5.82 Å². The highest BCUT2D eigenvalue weighted by Gasteiger charge is 2.14. The number of benzene rings is 1. The van der Waals surface area contributed by atoms with E-state index in [-0.39, 0.29) is 11.9 Å². The SMILES string of the molecule is COc1cc(NC2CC=CC2)c(F)cc1N. The van der Waals surface area contributed by atoms with E-state index in [1.54, 1.807) is 6.07 Å². The maximum Gasteiger partial charge on any atom is 0.148 e. The van der Waals surface area contributed by atoms with Gasteiger partial charge in [-0.1, -0.05) is 12.2 Å². The fraction of sp³-hybridized carbons (Fsp3) is 0.333. The third-order valence-electron chi connectivity index (χ3n) is 2.69. The zero-order chi connectivity index (χ0) is 11.5. The number of rotatable bonds is 3. The van der Waals surface area contributed by atoms with Crippen molar-refractivity contribution in [1.82, 2.24) is 0 Å². The lowest BCUT2D eigenvalue weighted by molar-refractivity contribution is 0.416. The number of methoxy groups -OCH3 is 1. The molecular weight excluding hydrogens is 207 g/mol. The first-order valence-electron chi connectivity index (χ1n) is 5.25. The van der Waals surface area contributed by atoms with Crippen molar-refractivity contribution in [3.63, 3.8) is 0 Å². The molecule has 0 fully saturated rings. The highest BCUT2D eigenvalue weighted by atomic mass is 19.1. The number of nitrogens with two attached hydrogens (primary N) is 1. The Morgan fingerprint density at radius 2 is 2.06 bits per heavy atom. The Kier molecular flexibility index (Phi) is 2.99. The molecular formula is C12H15FN2O. The summed E-state index contributed by atoms with van der Waals surface area (Å²) in [6, 6.07) is 3.15. The lowest BCUT2D eigenvalue weighted by atomic mass is 10.2. The maximum absolute atomic E-state index is 13.6. The average molecular weight is 222 g/mol. The van der Waals surface area contributed by atoms with E-state index in [0.717, 1.165) is 12.8 Å². The van der Waals surface area contributed by atoms with Crippen molar-refractivity contribution in [2.45, 2.75) is 18.9 Å². The molecule has 1 aliphatic carbocycles. The predicted molar refractivity (Wildman–Crippen MR) is 63.1 cm³/mol. The molecule has 1 aromatic rings. The van der Waals surface area contributed by atoms with Gasteiger partial charge < -0.3 is 15.8 Å². The fourth-order valence-corrected chi connectivity index (χ4v) is 1.81. The zero-order valence-electron chi connectivity index (χ0n) is 9.16. The van der Waals surface area contributed by atoms with Crippen LogP contribution in [0.5, 0.6) is 5.75 Å². The molecule has 0 saturated carbocycles. The number of anilines is 2. The van der Waals surface area contributed by atoms with Crippen LogP contribution < -0.4 is 15.8 Å². The van der Waals surface area contributed by atoms with E-state index in [4.69, 9.17) is 10.5 Å². The van der Waals surface area contributed by atoms with Crippen LogP contribution in [0.4, 0.5) is 15.8 Å². The Morgan fingerprint density at radius 1 is 1.38 bits per heavy atom. The summed E-state index contributed by atoms with van der Waals surface area (Å²) < 4.78 is 18.7. The number of nitrogens with one attached hydrogen (secondary N) is 1. The average Bonchev–Trinajstić information content (AvgIpc) is 2.75. The Balaban J connectivity index is 2.19. The van der Waals surface area contributed by atoms with Crippen LogP contribution in [0.15, 0.2) is 24.3 Å². The normalized spacial score (nSPS) is 15.4. The van der Waals surface area contributed by atoms with Crippen LogP contribution in [-0.2, 0) is 0 Å². The summed E-state index contributed by atoms with van der Waals surface area (Å²) in [5, 5.41) is 3.14. The third kappa shape index (κ3) is 2.10. The molecule has 0 aromatic heterocycles. The van der Waals surface area contributed by atoms with Crippen LogP contribution in [0.1, 0.15) is 12.8 Å². The molecule has 1 aliphatic rings. The van der Waals surface area contributed by atoms with E-state index < -0.39 is 0 Å². The van der Waals surface area contributed by atoms with Gasteiger partial charge in [-0.25, -0.2) is 4.39 Å². The highest BCUT2D eigenvalue weighted by molar-refractivity contribution is 5.62. The molecule has 3 nitrogen and oxygen atoms in total. The number of hydrogen-bond donors (Lipinski definition) is 2. The van der Waals surface area contributed by atoms with Gasteiger partial charge in [0.15, 0.2) is 0 Å². The number of halogens is 1. The smallest absolute Gasteiger partial charge is 0.148 e. The molecule has 0 saturated heterocycles. The molecule has 0 unspecified atom stereocenters. The molecule has 86 valence electrons. The Hall–Kier alpha value is -1.71. The summed E-state index contributed by atoms with van der Waals surface area (Å²) in [4.78, 5) is 0. The van der Waals surface area contributed by atoms with E-state index in [1.165, 1.54) is 13.2 Å². The first-order valence-corrected chi connectivity index (χ1v) is 5.25. The van der Waals surface area contributed by atoms with Crippen LogP contribution >= 0.6 is 0 Å². The molecule has 3 N–H and O–H groups in total. The van der Waals surface area contributed by atoms with Gasteiger partial charge in [0.25, 0.3) is 0 Å². The summed E-state index contributed by atoms with van der Waals surface area (Å²) >= 11 is 0. The van der Waals surface area contributed by atoms with Gasteiger partial charge in [0.2, 0.25) is 0 Å². The molecule has 1 aromatic carbocycles. The molecule has 2 rings (SSSR count). The fourth-order valence-electron chi connectivity index (χ4n) is 1.81. The molecule has 0 spiro atoms. The van der Waals surface area contributed by atoms with Gasteiger partial charge in [0.05, 0.1) is 18.5 Å². The van der Waals surface area contributed by atoms with Gasteiger partial charge in [0, 0.05) is 18.2 Å². The van der Waals surface area contributed by atoms with Gasteiger partial charge in [-0.05, 0) is 12.8 Å². The zero-order valence-corrected chi connectivity index (χ0v) is 9.16. The summed E-state index contributed by atoms with van der Waals surface area (Å²) in [6.45, 7) is 0. The summed E-state index contributed by atoms with van der Waals surface area (Å²) in [6.07, 6.45) is 6.02. The number of ether oxygens (including phenoxy) is 1. The topological polar surface area (TPSA) is 47.3 Å². The molecule has 0 bridgehead atoms. The van der Waals surface area contributed by atoms with Crippen molar-refractivity contribution in [3.05, 3.63) is 30.1 Å². The first kappa shape index (κ1) is 10.8. The van der Waals surface area contributed by atoms with Crippen molar-refractivity contribution in [3.8, 4) is 5.75 Å². The highest BCUT2D eigenvalue weighted by Crippen LogP contribution is 2.29. The Bertz CT molecular complexity index is 410. The monoisotopic (exact) mass is 222 g/mol. The third-order valence-corrected chi connectivity index (χ3v) is 2.69. The van der Waals surface area contributed by atoms with Gasteiger partial charge in [-0.2, -0.15) is 0 Å². The molecule has 16 heavy (non-hydrogen) atoms. The standard InChI is InChI=1S/C12H15FN2O/c1-16-12-7-11(9(13)6-10(12)14)15-8-4-2-3-5-8/h2-3,6-8,15H,4-5,14H2,1H3. The van der Waals surface area contributed by atoms with Crippen molar-refractivity contribution < 1.29 is 9.13 Å². The van der Waals surface area contributed by atoms with Crippen LogP contribution in [0.3, 0.4) is 0 Å². The van der Waals surface area contributed by atoms with E-state index in [1.807, 2.05) is 0 Å².